The van der Waals surface area contributed by atoms with E-state index in [1.165, 1.54) is 11.8 Å². The number of nitrogens with one attached hydrogen (secondary N) is 1. The molecule has 2 rings (SSSR count). The van der Waals surface area contributed by atoms with Crippen LogP contribution in [0.5, 0.6) is 0 Å². The Morgan fingerprint density at radius 3 is 2.17 bits per heavy atom. The van der Waals surface area contributed by atoms with Crippen molar-refractivity contribution < 1.29 is 56.9 Å². The molecule has 272 valence electrons. The molecule has 19 heteroatoms. The Balaban J connectivity index is 2.00. The van der Waals surface area contributed by atoms with Gasteiger partial charge in [0.2, 0.25) is 0 Å². The topological polar surface area (TPSA) is 205 Å². The number of aliphatic hydroxyl groups excluding tert-OH is 2. The van der Waals surface area contributed by atoms with Gasteiger partial charge in [0.25, 0.3) is 11.4 Å². The number of aromatic amines is 1. The van der Waals surface area contributed by atoms with Gasteiger partial charge in [-0.2, -0.15) is 0 Å². The molecule has 0 aromatic carbocycles. The van der Waals surface area contributed by atoms with Crippen LogP contribution in [0.1, 0.15) is 54.7 Å². The van der Waals surface area contributed by atoms with Crippen LogP contribution in [0.2, 0.25) is 0 Å². The number of carbonyl (C=O) groups is 1. The summed E-state index contributed by atoms with van der Waals surface area (Å²) in [7, 11) is -4.57. The Labute approximate surface area is 281 Å². The Morgan fingerprint density at radius 2 is 1.64 bits per heavy atom. The number of H-pyrrole nitrogens is 1. The minimum absolute atomic E-state index is 0.00189. The lowest BCUT2D eigenvalue weighted by Gasteiger charge is -2.28. The standard InChI is InChI=1S/C28H48FN2O13PS2/c1-25(2,3)22(34)46-16-14-39-10-12-41-45(38,42-13-11-40-15-17-47-23(35)26(4,5)6)43-18-28(29)20(33)27(7,37)21(44-28)31-9-8-19(32)30-24(31)36/h8-9,20-22,33-34,37H,10-18H2,1-7H3,(H,30,32,36)/t20-,21+,22?,27+,28+,45?/m0/s1. The maximum Gasteiger partial charge on any atom is 0.475 e. The number of alkyl halides is 1. The molecule has 0 aliphatic carbocycles. The van der Waals surface area contributed by atoms with Crippen LogP contribution in [0.3, 0.4) is 0 Å². The van der Waals surface area contributed by atoms with Gasteiger partial charge in [0.1, 0.15) is 23.7 Å². The highest BCUT2D eigenvalue weighted by Gasteiger charge is 2.63. The number of thioether (sulfide) groups is 2. The maximum atomic E-state index is 16.0. The maximum absolute atomic E-state index is 16.0. The second kappa shape index (κ2) is 17.7. The molecule has 0 saturated carbocycles. The second-order valence-electron chi connectivity index (χ2n) is 13.0. The third-order valence-electron chi connectivity index (χ3n) is 6.56. The van der Waals surface area contributed by atoms with Gasteiger partial charge in [-0.1, -0.05) is 53.3 Å². The quantitative estimate of drug-likeness (QED) is 0.0916. The average molecular weight is 735 g/mol. The van der Waals surface area contributed by atoms with Gasteiger partial charge in [-0.05, 0) is 12.3 Å². The molecule has 1 aliphatic rings. The fourth-order valence-electron chi connectivity index (χ4n) is 3.78. The second-order valence-corrected chi connectivity index (χ2v) is 16.9. The summed E-state index contributed by atoms with van der Waals surface area (Å²) in [5.41, 5.74) is -5.60. The van der Waals surface area contributed by atoms with Crippen LogP contribution in [0.4, 0.5) is 4.39 Å². The van der Waals surface area contributed by atoms with Crippen molar-refractivity contribution in [2.75, 3.05) is 57.8 Å². The molecule has 1 aliphatic heterocycles. The summed E-state index contributed by atoms with van der Waals surface area (Å²) in [6.45, 7) is 10.5. The molecule has 1 aromatic heterocycles. The van der Waals surface area contributed by atoms with Crippen molar-refractivity contribution >= 4 is 36.5 Å². The van der Waals surface area contributed by atoms with Gasteiger partial charge in [0.05, 0.1) is 39.6 Å². The van der Waals surface area contributed by atoms with E-state index < -0.39 is 60.3 Å². The van der Waals surface area contributed by atoms with E-state index in [0.717, 1.165) is 30.9 Å². The number of phosphoric ester groups is 1. The molecule has 0 amide bonds. The highest BCUT2D eigenvalue weighted by Crippen LogP contribution is 2.52. The van der Waals surface area contributed by atoms with Gasteiger partial charge < -0.3 is 29.5 Å². The number of nitrogens with zero attached hydrogens (tertiary/aromatic N) is 1. The van der Waals surface area contributed by atoms with Crippen LogP contribution in [-0.4, -0.2) is 111 Å². The summed E-state index contributed by atoms with van der Waals surface area (Å²) in [6, 6.07) is 0.939. The summed E-state index contributed by atoms with van der Waals surface area (Å²) in [4.78, 5) is 37.7. The first-order valence-corrected chi connectivity index (χ1v) is 18.4. The first-order valence-electron chi connectivity index (χ1n) is 14.9. The number of halogens is 1. The van der Waals surface area contributed by atoms with E-state index in [1.807, 2.05) is 25.8 Å². The normalized spacial score (nSPS) is 25.5. The number of rotatable bonds is 19. The molecule has 47 heavy (non-hydrogen) atoms. The molecule has 0 radical (unpaired) electrons. The van der Waals surface area contributed by atoms with Crippen molar-refractivity contribution in [3.05, 3.63) is 33.1 Å². The van der Waals surface area contributed by atoms with Crippen LogP contribution in [0.15, 0.2) is 21.9 Å². The zero-order valence-electron chi connectivity index (χ0n) is 27.8. The van der Waals surface area contributed by atoms with Crippen LogP contribution >= 0.6 is 31.3 Å². The first kappa shape index (κ1) is 42.0. The molecule has 4 N–H and O–H groups in total. The number of phosphoric acid groups is 1. The van der Waals surface area contributed by atoms with Crippen LogP contribution in [0, 0.1) is 10.8 Å². The lowest BCUT2D eigenvalue weighted by molar-refractivity contribution is -0.205. The Hall–Kier alpha value is -1.15. The molecule has 1 saturated heterocycles. The highest BCUT2D eigenvalue weighted by molar-refractivity contribution is 8.13. The number of hydrogen-bond acceptors (Lipinski definition) is 15. The fraction of sp³-hybridized carbons (Fsp3) is 0.821. The van der Waals surface area contributed by atoms with Crippen molar-refractivity contribution in [3.63, 3.8) is 0 Å². The molecular formula is C28H48FN2O13PS2. The molecule has 1 fully saturated rings. The largest absolute Gasteiger partial charge is 0.475 e. The third-order valence-corrected chi connectivity index (χ3v) is 10.7. The Bertz CT molecular complexity index is 1320. The van der Waals surface area contributed by atoms with E-state index in [-0.39, 0.29) is 50.2 Å². The Morgan fingerprint density at radius 1 is 1.06 bits per heavy atom. The van der Waals surface area contributed by atoms with Crippen LogP contribution < -0.4 is 11.2 Å². The molecule has 6 atom stereocenters. The van der Waals surface area contributed by atoms with Gasteiger partial charge in [-0.3, -0.25) is 32.7 Å². The molecule has 0 spiro atoms. The summed E-state index contributed by atoms with van der Waals surface area (Å²) in [5.74, 6) is -2.36. The summed E-state index contributed by atoms with van der Waals surface area (Å²) < 4.78 is 62.0. The predicted molar refractivity (Wildman–Crippen MR) is 174 cm³/mol. The monoisotopic (exact) mass is 734 g/mol. The van der Waals surface area contributed by atoms with E-state index in [2.05, 4.69) is 0 Å². The number of hydrogen-bond donors (Lipinski definition) is 4. The van der Waals surface area contributed by atoms with Gasteiger partial charge in [-0.25, -0.2) is 13.8 Å². The smallest absolute Gasteiger partial charge is 0.384 e. The van der Waals surface area contributed by atoms with Gasteiger partial charge in [0.15, 0.2) is 11.3 Å². The third kappa shape index (κ3) is 12.9. The minimum Gasteiger partial charge on any atom is -0.384 e. The molecule has 2 unspecified atom stereocenters. The van der Waals surface area contributed by atoms with E-state index in [0.29, 0.717) is 16.1 Å². The lowest BCUT2D eigenvalue weighted by Crippen LogP contribution is -2.50. The molecule has 15 nitrogen and oxygen atoms in total. The van der Waals surface area contributed by atoms with E-state index in [9.17, 15) is 34.3 Å². The minimum atomic E-state index is -4.57. The number of aliphatic hydroxyl groups is 3. The predicted octanol–water partition coefficient (Wildman–Crippen LogP) is 2.44. The zero-order chi connectivity index (χ0) is 35.7. The van der Waals surface area contributed by atoms with Crippen molar-refractivity contribution in [3.8, 4) is 0 Å². The van der Waals surface area contributed by atoms with Crippen molar-refractivity contribution in [1.29, 1.82) is 0 Å². The average Bonchev–Trinajstić information content (AvgIpc) is 3.14. The number of aromatic nitrogens is 2. The number of carbonyl (C=O) groups excluding carboxylic acids is 1. The fourth-order valence-corrected chi connectivity index (χ4v) is 6.69. The summed E-state index contributed by atoms with van der Waals surface area (Å²) >= 11 is 2.42. The molecule has 2 heterocycles. The van der Waals surface area contributed by atoms with Crippen molar-refractivity contribution in [2.24, 2.45) is 10.8 Å². The first-order chi connectivity index (χ1) is 21.6. The van der Waals surface area contributed by atoms with Gasteiger partial charge >= 0.3 is 13.5 Å². The zero-order valence-corrected chi connectivity index (χ0v) is 30.3. The van der Waals surface area contributed by atoms with E-state index in [1.54, 1.807) is 20.8 Å². The van der Waals surface area contributed by atoms with Crippen molar-refractivity contribution in [1.82, 2.24) is 9.55 Å². The number of ether oxygens (including phenoxy) is 3. The summed E-state index contributed by atoms with van der Waals surface area (Å²) in [6.07, 6.45) is -3.17. The van der Waals surface area contributed by atoms with Crippen molar-refractivity contribution in [2.45, 2.75) is 77.7 Å². The SMILES string of the molecule is CC(C)(C)C(=O)SCCOCCOP(=O)(OCCOCCSC(O)C(C)(C)C)OC[C@@]1(F)O[C@@H](n2ccc(=O)[nH]c2=O)[C@](C)(O)[C@@H]1O. The highest BCUT2D eigenvalue weighted by atomic mass is 32.2. The molecular weight excluding hydrogens is 686 g/mol. The summed E-state index contributed by atoms with van der Waals surface area (Å²) in [5, 5.41) is 31.6. The molecule has 1 aromatic rings. The van der Waals surface area contributed by atoms with Crippen LogP contribution in [-0.2, 0) is 37.1 Å². The van der Waals surface area contributed by atoms with Gasteiger partial charge in [0, 0.05) is 29.2 Å². The van der Waals surface area contributed by atoms with Gasteiger partial charge in [-0.15, -0.1) is 11.8 Å². The lowest BCUT2D eigenvalue weighted by atomic mass is 9.95. The molecule has 0 bridgehead atoms. The van der Waals surface area contributed by atoms with E-state index in [4.69, 9.17) is 27.8 Å². The van der Waals surface area contributed by atoms with Crippen LogP contribution in [0.25, 0.3) is 0 Å². The Kier molecular flexibility index (Phi) is 15.8. The van der Waals surface area contributed by atoms with E-state index >= 15 is 4.39 Å².